The van der Waals surface area contributed by atoms with Crippen molar-refractivity contribution >= 4 is 22.1 Å². The summed E-state index contributed by atoms with van der Waals surface area (Å²) in [5.41, 5.74) is 3.81. The van der Waals surface area contributed by atoms with Crippen LogP contribution < -0.4 is 4.84 Å². The lowest BCUT2D eigenvalue weighted by atomic mass is 10.0. The number of hydrogen-bond donors (Lipinski definition) is 0. The Morgan fingerprint density at radius 1 is 1.15 bits per heavy atom. The van der Waals surface area contributed by atoms with Gasteiger partial charge in [-0.3, -0.25) is 4.99 Å². The van der Waals surface area contributed by atoms with Crippen LogP contribution in [-0.2, 0) is 6.42 Å². The van der Waals surface area contributed by atoms with Gasteiger partial charge in [0.25, 0.3) is 0 Å². The number of aliphatic imine (C=N–C) groups is 1. The number of rotatable bonds is 8. The van der Waals surface area contributed by atoms with Crippen molar-refractivity contribution in [2.75, 3.05) is 13.6 Å². The van der Waals surface area contributed by atoms with Crippen LogP contribution >= 0.6 is 15.9 Å². The lowest BCUT2D eigenvalue weighted by Gasteiger charge is -2.28. The van der Waals surface area contributed by atoms with E-state index < -0.39 is 0 Å². The van der Waals surface area contributed by atoms with Crippen molar-refractivity contribution in [2.24, 2.45) is 4.99 Å². The van der Waals surface area contributed by atoms with E-state index in [1.54, 1.807) is 0 Å². The molecule has 1 aliphatic rings. The number of unbranched alkanes of at least 4 members (excludes halogenated alkanes) is 2. The van der Waals surface area contributed by atoms with Crippen LogP contribution in [0.4, 0.5) is 0 Å². The molecule has 1 aliphatic heterocycles. The molecule has 1 heterocycles. The van der Waals surface area contributed by atoms with Crippen molar-refractivity contribution in [3.63, 3.8) is 0 Å². The summed E-state index contributed by atoms with van der Waals surface area (Å²) < 4.78 is 1.11. The zero-order valence-corrected chi connectivity index (χ0v) is 17.2. The van der Waals surface area contributed by atoms with Crippen LogP contribution in [-0.4, -0.2) is 24.9 Å². The third kappa shape index (κ3) is 4.95. The maximum Gasteiger partial charge on any atom is 0.147 e. The molecule has 3 nitrogen and oxygen atoms in total. The van der Waals surface area contributed by atoms with Crippen molar-refractivity contribution < 1.29 is 4.84 Å². The van der Waals surface area contributed by atoms with Gasteiger partial charge in [0.1, 0.15) is 5.75 Å². The minimum Gasteiger partial charge on any atom is -0.406 e. The normalized spacial score (nSPS) is 14.3. The van der Waals surface area contributed by atoms with Crippen LogP contribution in [0.15, 0.2) is 51.9 Å². The summed E-state index contributed by atoms with van der Waals surface area (Å²) >= 11 is 3.53. The van der Waals surface area contributed by atoms with Gasteiger partial charge in [0, 0.05) is 24.3 Å². The van der Waals surface area contributed by atoms with Crippen molar-refractivity contribution in [2.45, 2.75) is 45.1 Å². The summed E-state index contributed by atoms with van der Waals surface area (Å²) in [5, 5.41) is 2.01. The van der Waals surface area contributed by atoms with Crippen molar-refractivity contribution in [3.05, 3.63) is 63.6 Å². The number of hydrogen-bond acceptors (Lipinski definition) is 3. The maximum atomic E-state index is 6.24. The SMILES string of the molecule is CCCCCC(c1ccc(Br)cc1)N(C)Oc1ccc2c(c1)CCN=C2. The van der Waals surface area contributed by atoms with E-state index in [1.165, 1.54) is 36.0 Å². The van der Waals surface area contributed by atoms with Crippen LogP contribution in [0.1, 0.15) is 55.3 Å². The first kappa shape index (κ1) is 19.1. The maximum absolute atomic E-state index is 6.24. The molecule has 2 aromatic carbocycles. The van der Waals surface area contributed by atoms with E-state index in [2.05, 4.69) is 64.2 Å². The van der Waals surface area contributed by atoms with Gasteiger partial charge in [-0.2, -0.15) is 0 Å². The van der Waals surface area contributed by atoms with Crippen LogP contribution in [0.2, 0.25) is 0 Å². The quantitative estimate of drug-likeness (QED) is 0.392. The number of halogens is 1. The molecular weight excluding hydrogens is 388 g/mol. The highest BCUT2D eigenvalue weighted by molar-refractivity contribution is 9.10. The number of hydroxylamine groups is 2. The van der Waals surface area contributed by atoms with E-state index in [9.17, 15) is 0 Å². The predicted molar refractivity (Wildman–Crippen MR) is 112 cm³/mol. The molecule has 2 aromatic rings. The molecule has 0 amide bonds. The second-order valence-corrected chi connectivity index (χ2v) is 7.76. The van der Waals surface area contributed by atoms with Gasteiger partial charge in [0.05, 0.1) is 6.04 Å². The zero-order valence-electron chi connectivity index (χ0n) is 15.6. The number of nitrogens with zero attached hydrogens (tertiary/aromatic N) is 2. The summed E-state index contributed by atoms with van der Waals surface area (Å²) in [6, 6.07) is 15.1. The number of benzene rings is 2. The predicted octanol–water partition coefficient (Wildman–Crippen LogP) is 5.97. The molecule has 0 N–H and O–H groups in total. The molecule has 0 fully saturated rings. The first-order valence-electron chi connectivity index (χ1n) is 9.46. The molecule has 3 rings (SSSR count). The Kier molecular flexibility index (Phi) is 6.86. The Balaban J connectivity index is 1.75. The minimum absolute atomic E-state index is 0.243. The van der Waals surface area contributed by atoms with Crippen LogP contribution in [0, 0.1) is 0 Å². The van der Waals surface area contributed by atoms with E-state index in [0.717, 1.165) is 29.6 Å². The Hall–Kier alpha value is -1.65. The fourth-order valence-corrected chi connectivity index (χ4v) is 3.65. The Bertz CT molecular complexity index is 742. The minimum atomic E-state index is 0.243. The lowest BCUT2D eigenvalue weighted by molar-refractivity contribution is -0.0756. The van der Waals surface area contributed by atoms with Gasteiger partial charge in [0.15, 0.2) is 0 Å². The van der Waals surface area contributed by atoms with E-state index in [0.29, 0.717) is 0 Å². The van der Waals surface area contributed by atoms with Crippen LogP contribution in [0.5, 0.6) is 5.75 Å². The van der Waals surface area contributed by atoms with Crippen LogP contribution in [0.3, 0.4) is 0 Å². The fraction of sp³-hybridized carbons (Fsp3) is 0.409. The van der Waals surface area contributed by atoms with Gasteiger partial charge in [-0.25, -0.2) is 0 Å². The molecule has 0 radical (unpaired) electrons. The van der Waals surface area contributed by atoms with Gasteiger partial charge in [-0.05, 0) is 59.9 Å². The lowest BCUT2D eigenvalue weighted by Crippen LogP contribution is -2.28. The summed E-state index contributed by atoms with van der Waals surface area (Å²) in [6.45, 7) is 3.11. The Morgan fingerprint density at radius 3 is 2.73 bits per heavy atom. The molecule has 0 spiro atoms. The highest BCUT2D eigenvalue weighted by Gasteiger charge is 2.19. The summed E-state index contributed by atoms with van der Waals surface area (Å²) in [5.74, 6) is 0.902. The smallest absolute Gasteiger partial charge is 0.147 e. The molecule has 4 heteroatoms. The average molecular weight is 415 g/mol. The van der Waals surface area contributed by atoms with E-state index >= 15 is 0 Å². The molecule has 0 bridgehead atoms. The van der Waals surface area contributed by atoms with Crippen molar-refractivity contribution in [1.29, 1.82) is 0 Å². The van der Waals surface area contributed by atoms with Gasteiger partial charge in [-0.1, -0.05) is 54.2 Å². The second kappa shape index (κ2) is 9.33. The van der Waals surface area contributed by atoms with Gasteiger partial charge in [-0.15, -0.1) is 5.06 Å². The molecule has 26 heavy (non-hydrogen) atoms. The fourth-order valence-electron chi connectivity index (χ4n) is 3.39. The number of fused-ring (bicyclic) bond motifs is 1. The van der Waals surface area contributed by atoms with Gasteiger partial charge >= 0.3 is 0 Å². The standard InChI is InChI=1S/C22H27BrN2O/c1-3-4-5-6-22(17-7-10-20(23)11-8-17)25(2)26-21-12-9-19-16-24-14-13-18(19)15-21/h7-12,15-16,22H,3-6,13-14H2,1-2H3. The van der Waals surface area contributed by atoms with E-state index in [1.807, 2.05) is 24.4 Å². The highest BCUT2D eigenvalue weighted by Crippen LogP contribution is 2.29. The summed E-state index contributed by atoms with van der Waals surface area (Å²) in [4.78, 5) is 10.6. The monoisotopic (exact) mass is 414 g/mol. The van der Waals surface area contributed by atoms with E-state index in [4.69, 9.17) is 4.84 Å². The summed E-state index contributed by atoms with van der Waals surface area (Å²) in [6.07, 6.45) is 7.71. The third-order valence-corrected chi connectivity index (χ3v) is 5.41. The highest BCUT2D eigenvalue weighted by atomic mass is 79.9. The van der Waals surface area contributed by atoms with E-state index in [-0.39, 0.29) is 6.04 Å². The first-order valence-corrected chi connectivity index (χ1v) is 10.3. The summed E-state index contributed by atoms with van der Waals surface area (Å²) in [7, 11) is 2.04. The first-order chi connectivity index (χ1) is 12.7. The largest absolute Gasteiger partial charge is 0.406 e. The van der Waals surface area contributed by atoms with Crippen molar-refractivity contribution in [3.8, 4) is 5.75 Å². The molecule has 1 atom stereocenters. The topological polar surface area (TPSA) is 24.8 Å². The molecule has 0 aliphatic carbocycles. The molecular formula is C22H27BrN2O. The Labute approximate surface area is 165 Å². The second-order valence-electron chi connectivity index (χ2n) is 6.85. The Morgan fingerprint density at radius 2 is 1.96 bits per heavy atom. The molecule has 0 saturated heterocycles. The molecule has 1 unspecified atom stereocenters. The van der Waals surface area contributed by atoms with Crippen LogP contribution in [0.25, 0.3) is 0 Å². The molecule has 138 valence electrons. The molecule has 0 saturated carbocycles. The molecule has 0 aromatic heterocycles. The van der Waals surface area contributed by atoms with Gasteiger partial charge < -0.3 is 4.84 Å². The van der Waals surface area contributed by atoms with Crippen molar-refractivity contribution in [1.82, 2.24) is 5.06 Å². The third-order valence-electron chi connectivity index (χ3n) is 4.88. The average Bonchev–Trinajstić information content (AvgIpc) is 2.66. The van der Waals surface area contributed by atoms with Gasteiger partial charge in [0.2, 0.25) is 0 Å². The zero-order chi connectivity index (χ0) is 18.4.